The molecule has 1 N–H and O–H groups in total. The van der Waals surface area contributed by atoms with Crippen molar-refractivity contribution in [2.75, 3.05) is 25.7 Å². The van der Waals surface area contributed by atoms with E-state index >= 15 is 0 Å². The molecule has 5 heteroatoms. The Balaban J connectivity index is 3.61. The molecule has 0 aliphatic heterocycles. The number of hydrogen-bond acceptors (Lipinski definition) is 3. The number of ether oxygens (including phenoxy) is 1. The topological polar surface area (TPSA) is 55.4 Å². The van der Waals surface area contributed by atoms with E-state index in [0.717, 1.165) is 0 Å². The van der Waals surface area contributed by atoms with Crippen LogP contribution in [0.2, 0.25) is 0 Å². The highest BCUT2D eigenvalue weighted by Gasteiger charge is 2.07. The lowest BCUT2D eigenvalue weighted by atomic mass is 10.4. The monoisotopic (exact) mass is 193 g/mol. The van der Waals surface area contributed by atoms with Crippen molar-refractivity contribution in [3.8, 4) is 0 Å². The van der Waals surface area contributed by atoms with Crippen LogP contribution in [0.3, 0.4) is 0 Å². The third kappa shape index (κ3) is 6.30. The predicted octanol–water partition coefficient (Wildman–Crippen LogP) is -0.484. The molecule has 2 unspecified atom stereocenters. The molecule has 72 valence electrons. The summed E-state index contributed by atoms with van der Waals surface area (Å²) in [6, 6.07) is -0.0570. The van der Waals surface area contributed by atoms with Gasteiger partial charge in [-0.05, 0) is 6.92 Å². The van der Waals surface area contributed by atoms with Gasteiger partial charge in [-0.3, -0.25) is 9.00 Å². The predicted molar refractivity (Wildman–Crippen MR) is 48.4 cm³/mol. The lowest BCUT2D eigenvalue weighted by molar-refractivity contribution is -0.125. The molecule has 4 nitrogen and oxygen atoms in total. The molecule has 12 heavy (non-hydrogen) atoms. The van der Waals surface area contributed by atoms with Gasteiger partial charge in [-0.1, -0.05) is 0 Å². The molecule has 0 bridgehead atoms. The summed E-state index contributed by atoms with van der Waals surface area (Å²) in [5.41, 5.74) is 0. The molecule has 0 saturated carbocycles. The second kappa shape index (κ2) is 6.14. The molecule has 0 spiro atoms. The maximum Gasteiger partial charge on any atom is 0.246 e. The Kier molecular flexibility index (Phi) is 5.92. The fourth-order valence-electron chi connectivity index (χ4n) is 0.841. The van der Waals surface area contributed by atoms with Gasteiger partial charge in [0, 0.05) is 36.0 Å². The van der Waals surface area contributed by atoms with Gasteiger partial charge < -0.3 is 10.1 Å². The molecule has 0 aromatic carbocycles. The summed E-state index contributed by atoms with van der Waals surface area (Å²) in [4.78, 5) is 10.9. The van der Waals surface area contributed by atoms with Crippen LogP contribution in [0.5, 0.6) is 0 Å². The molecule has 0 aliphatic carbocycles. The Morgan fingerprint density at radius 2 is 2.25 bits per heavy atom. The van der Waals surface area contributed by atoms with E-state index < -0.39 is 10.8 Å². The van der Waals surface area contributed by atoms with Gasteiger partial charge in [-0.15, -0.1) is 0 Å². The summed E-state index contributed by atoms with van der Waals surface area (Å²) in [6.45, 7) is 1.87. The first-order chi connectivity index (χ1) is 5.56. The molecular weight excluding hydrogens is 178 g/mol. The van der Waals surface area contributed by atoms with Crippen LogP contribution in [0.4, 0.5) is 0 Å². The second-order valence-electron chi connectivity index (χ2n) is 2.64. The first-order valence-corrected chi connectivity index (χ1v) is 5.37. The van der Waals surface area contributed by atoms with Crippen molar-refractivity contribution in [2.24, 2.45) is 0 Å². The van der Waals surface area contributed by atoms with Crippen LogP contribution >= 0.6 is 0 Å². The van der Waals surface area contributed by atoms with Crippen molar-refractivity contribution in [3.63, 3.8) is 0 Å². The van der Waals surface area contributed by atoms with Crippen molar-refractivity contribution in [2.45, 2.75) is 13.0 Å². The summed E-state index contributed by atoms with van der Waals surface area (Å²) >= 11 is 0. The number of rotatable bonds is 5. The van der Waals surface area contributed by atoms with Gasteiger partial charge in [0.2, 0.25) is 5.91 Å². The van der Waals surface area contributed by atoms with E-state index in [1.165, 1.54) is 7.11 Å². The first kappa shape index (κ1) is 11.6. The molecule has 0 fully saturated rings. The van der Waals surface area contributed by atoms with Crippen molar-refractivity contribution in [1.29, 1.82) is 0 Å². The molecule has 0 saturated heterocycles. The van der Waals surface area contributed by atoms with Gasteiger partial charge in [0.1, 0.15) is 6.61 Å². The normalized spacial score (nSPS) is 15.2. The van der Waals surface area contributed by atoms with Crippen molar-refractivity contribution < 1.29 is 13.7 Å². The Labute approximate surface area is 75.1 Å². The van der Waals surface area contributed by atoms with Crippen molar-refractivity contribution >= 4 is 16.7 Å². The van der Waals surface area contributed by atoms with Crippen LogP contribution in [0, 0.1) is 0 Å². The summed E-state index contributed by atoms with van der Waals surface area (Å²) < 4.78 is 15.3. The zero-order chi connectivity index (χ0) is 9.56. The van der Waals surface area contributed by atoms with Gasteiger partial charge in [0.25, 0.3) is 0 Å². The van der Waals surface area contributed by atoms with E-state index in [1.807, 2.05) is 6.92 Å². The van der Waals surface area contributed by atoms with Gasteiger partial charge in [-0.25, -0.2) is 0 Å². The maximum absolute atomic E-state index is 10.9. The third-order valence-electron chi connectivity index (χ3n) is 1.17. The number of amides is 1. The average molecular weight is 193 g/mol. The fourth-order valence-corrected chi connectivity index (χ4v) is 1.63. The van der Waals surface area contributed by atoms with Crippen LogP contribution in [-0.2, 0) is 20.3 Å². The summed E-state index contributed by atoms with van der Waals surface area (Å²) in [5, 5.41) is 2.66. The minimum absolute atomic E-state index is 0.0562. The minimum Gasteiger partial charge on any atom is -0.375 e. The molecule has 0 aromatic rings. The lowest BCUT2D eigenvalue weighted by Crippen LogP contribution is -2.38. The van der Waals surface area contributed by atoms with Gasteiger partial charge >= 0.3 is 0 Å². The van der Waals surface area contributed by atoms with Gasteiger partial charge in [-0.2, -0.15) is 0 Å². The molecular formula is C7H15NO3S. The fraction of sp³-hybridized carbons (Fsp3) is 0.857. The van der Waals surface area contributed by atoms with E-state index in [1.54, 1.807) is 6.26 Å². The van der Waals surface area contributed by atoms with E-state index in [4.69, 9.17) is 0 Å². The smallest absolute Gasteiger partial charge is 0.246 e. The Bertz CT molecular complexity index is 172. The molecule has 0 aliphatic rings. The number of methoxy groups -OCH3 is 1. The number of hydrogen-bond donors (Lipinski definition) is 1. The molecule has 1 amide bonds. The zero-order valence-corrected chi connectivity index (χ0v) is 8.44. The Morgan fingerprint density at radius 1 is 1.67 bits per heavy atom. The summed E-state index contributed by atoms with van der Waals surface area (Å²) in [7, 11) is 0.589. The molecule has 0 rings (SSSR count). The van der Waals surface area contributed by atoms with E-state index in [2.05, 4.69) is 10.1 Å². The Hall–Kier alpha value is -0.420. The number of nitrogens with one attached hydrogen (secondary N) is 1. The van der Waals surface area contributed by atoms with Crippen LogP contribution in [-0.4, -0.2) is 41.9 Å². The summed E-state index contributed by atoms with van der Waals surface area (Å²) in [6.07, 6.45) is 1.61. The van der Waals surface area contributed by atoms with Crippen LogP contribution in [0.1, 0.15) is 6.92 Å². The largest absolute Gasteiger partial charge is 0.375 e. The highest BCUT2D eigenvalue weighted by atomic mass is 32.2. The van der Waals surface area contributed by atoms with Crippen molar-refractivity contribution in [1.82, 2.24) is 5.32 Å². The standard InChI is InChI=1S/C7H15NO3S/c1-6(5-12(3)10)8-7(9)4-11-2/h6H,4-5H2,1-3H3,(H,8,9). The van der Waals surface area contributed by atoms with Gasteiger partial charge in [0.05, 0.1) is 0 Å². The SMILES string of the molecule is COCC(=O)NC(C)CS(C)=O. The highest BCUT2D eigenvalue weighted by molar-refractivity contribution is 7.84. The number of carbonyl (C=O) groups excluding carboxylic acids is 1. The Morgan fingerprint density at radius 3 is 2.67 bits per heavy atom. The second-order valence-corrected chi connectivity index (χ2v) is 4.12. The zero-order valence-electron chi connectivity index (χ0n) is 7.62. The van der Waals surface area contributed by atoms with E-state index in [-0.39, 0.29) is 18.6 Å². The van der Waals surface area contributed by atoms with Crippen LogP contribution in [0.15, 0.2) is 0 Å². The summed E-state index contributed by atoms with van der Waals surface area (Å²) in [5.74, 6) is 0.311. The maximum atomic E-state index is 10.9. The third-order valence-corrected chi connectivity index (χ3v) is 2.14. The molecule has 0 heterocycles. The van der Waals surface area contributed by atoms with Gasteiger partial charge in [0.15, 0.2) is 0 Å². The molecule has 0 radical (unpaired) electrons. The van der Waals surface area contributed by atoms with Crippen molar-refractivity contribution in [3.05, 3.63) is 0 Å². The van der Waals surface area contributed by atoms with Crippen LogP contribution in [0.25, 0.3) is 0 Å². The van der Waals surface area contributed by atoms with E-state index in [0.29, 0.717) is 5.75 Å². The highest BCUT2D eigenvalue weighted by Crippen LogP contribution is 1.85. The lowest BCUT2D eigenvalue weighted by Gasteiger charge is -2.11. The minimum atomic E-state index is -0.872. The quantitative estimate of drug-likeness (QED) is 0.641. The average Bonchev–Trinajstić information content (AvgIpc) is 1.84. The molecule has 2 atom stereocenters. The molecule has 0 aromatic heterocycles. The number of carbonyl (C=O) groups is 1. The van der Waals surface area contributed by atoms with Crippen LogP contribution < -0.4 is 5.32 Å². The van der Waals surface area contributed by atoms with E-state index in [9.17, 15) is 9.00 Å². The first-order valence-electron chi connectivity index (χ1n) is 3.64.